The average Bonchev–Trinajstić information content (AvgIpc) is 2.81. The average molecular weight is 483 g/mol. The number of aliphatic carboxylic acids is 1. The Balaban J connectivity index is 2.27. The van der Waals surface area contributed by atoms with Crippen LogP contribution in [0, 0.1) is 5.92 Å². The van der Waals surface area contributed by atoms with Crippen molar-refractivity contribution < 1.29 is 29.1 Å². The number of carboxylic acids is 1. The van der Waals surface area contributed by atoms with Crippen molar-refractivity contribution in [3.8, 4) is 0 Å². The Bertz CT molecular complexity index is 1060. The van der Waals surface area contributed by atoms with Crippen molar-refractivity contribution in [1.82, 2.24) is 15.5 Å². The lowest BCUT2D eigenvalue weighted by Gasteiger charge is -2.30. The van der Waals surface area contributed by atoms with Crippen LogP contribution in [0.25, 0.3) is 0 Å². The summed E-state index contributed by atoms with van der Waals surface area (Å²) >= 11 is 0. The van der Waals surface area contributed by atoms with Gasteiger partial charge in [0.15, 0.2) is 0 Å². The molecule has 0 spiro atoms. The first-order valence-electron chi connectivity index (χ1n) is 11.1. The number of nitrogens with one attached hydrogen (secondary N) is 2. The molecule has 186 valence electrons. The molecule has 2 aromatic rings. The molecule has 0 saturated carbocycles. The number of carbonyl (C=O) groups excluding carboxylic acids is 4. The van der Waals surface area contributed by atoms with E-state index in [1.807, 2.05) is 0 Å². The third-order valence-corrected chi connectivity index (χ3v) is 5.13. The van der Waals surface area contributed by atoms with Crippen LogP contribution in [0.15, 0.2) is 54.6 Å². The molecule has 0 unspecified atom stereocenters. The molecule has 3 amide bonds. The van der Waals surface area contributed by atoms with Crippen LogP contribution in [0.2, 0.25) is 0 Å². The topological polar surface area (TPSA) is 159 Å². The van der Waals surface area contributed by atoms with Crippen LogP contribution < -0.4 is 16.4 Å². The molecule has 0 bridgehead atoms. The van der Waals surface area contributed by atoms with E-state index in [2.05, 4.69) is 10.6 Å². The molecule has 10 nitrogen and oxygen atoms in total. The lowest BCUT2D eigenvalue weighted by atomic mass is 10.0. The van der Waals surface area contributed by atoms with Gasteiger partial charge in [-0.3, -0.25) is 19.2 Å². The highest BCUT2D eigenvalue weighted by Crippen LogP contribution is 2.14. The fourth-order valence-corrected chi connectivity index (χ4v) is 3.40. The molecule has 5 N–H and O–H groups in total. The smallest absolute Gasteiger partial charge is 0.305 e. The third-order valence-electron chi connectivity index (χ3n) is 5.13. The number of hydrogen-bond donors (Lipinski definition) is 4. The van der Waals surface area contributed by atoms with Crippen LogP contribution in [0.1, 0.15) is 36.2 Å². The highest BCUT2D eigenvalue weighted by Gasteiger charge is 2.30. The molecule has 2 rings (SSSR count). The van der Waals surface area contributed by atoms with Crippen LogP contribution in [0.3, 0.4) is 0 Å². The minimum absolute atomic E-state index is 0.00636. The molecule has 0 aliphatic rings. The van der Waals surface area contributed by atoms with Crippen molar-refractivity contribution in [1.29, 1.82) is 0 Å². The predicted molar refractivity (Wildman–Crippen MR) is 129 cm³/mol. The van der Waals surface area contributed by atoms with E-state index in [0.717, 1.165) is 0 Å². The summed E-state index contributed by atoms with van der Waals surface area (Å²) < 4.78 is 0. The number of nitrogen functional groups attached to an aromatic ring is 1. The van der Waals surface area contributed by atoms with Crippen molar-refractivity contribution in [2.75, 3.05) is 12.3 Å². The summed E-state index contributed by atoms with van der Waals surface area (Å²) in [6.07, 6.45) is -0.257. The van der Waals surface area contributed by atoms with Gasteiger partial charge in [0, 0.05) is 17.8 Å². The van der Waals surface area contributed by atoms with Gasteiger partial charge in [0.1, 0.15) is 12.3 Å². The molecule has 0 saturated heterocycles. The quantitative estimate of drug-likeness (QED) is 0.261. The normalized spacial score (nSPS) is 12.3. The second-order valence-electron chi connectivity index (χ2n) is 8.41. The molecule has 0 aliphatic carbocycles. The fraction of sp³-hybridized carbons (Fsp3) is 0.320. The van der Waals surface area contributed by atoms with Crippen molar-refractivity contribution in [2.45, 2.75) is 38.9 Å². The second kappa shape index (κ2) is 12.9. The molecule has 0 fully saturated rings. The molecule has 0 heterocycles. The summed E-state index contributed by atoms with van der Waals surface area (Å²) in [5.74, 6) is -3.22. The number of carbonyl (C=O) groups is 5. The number of amides is 3. The van der Waals surface area contributed by atoms with E-state index in [9.17, 15) is 24.0 Å². The van der Waals surface area contributed by atoms with Gasteiger partial charge in [-0.15, -0.1) is 0 Å². The van der Waals surface area contributed by atoms with Crippen LogP contribution in [0.4, 0.5) is 5.69 Å². The largest absolute Gasteiger partial charge is 0.481 e. The summed E-state index contributed by atoms with van der Waals surface area (Å²) in [7, 11) is 0. The maximum Gasteiger partial charge on any atom is 0.305 e. The number of aldehydes is 1. The lowest BCUT2D eigenvalue weighted by molar-refractivity contribution is -0.141. The highest BCUT2D eigenvalue weighted by atomic mass is 16.4. The Morgan fingerprint density at radius 2 is 1.71 bits per heavy atom. The van der Waals surface area contributed by atoms with Crippen LogP contribution in [0.5, 0.6) is 0 Å². The first-order valence-corrected chi connectivity index (χ1v) is 11.1. The number of carboxylic acid groups (broad SMARTS) is 1. The molecule has 2 aromatic carbocycles. The zero-order valence-corrected chi connectivity index (χ0v) is 19.6. The Hall–Kier alpha value is -4.21. The molecule has 2 atom stereocenters. The van der Waals surface area contributed by atoms with Crippen LogP contribution in [-0.4, -0.2) is 58.6 Å². The van der Waals surface area contributed by atoms with E-state index in [-0.39, 0.29) is 12.5 Å². The van der Waals surface area contributed by atoms with Crippen molar-refractivity contribution in [3.63, 3.8) is 0 Å². The number of nitrogens with zero attached hydrogens (tertiary/aromatic N) is 1. The maximum absolute atomic E-state index is 13.5. The monoisotopic (exact) mass is 482 g/mol. The van der Waals surface area contributed by atoms with Crippen LogP contribution >= 0.6 is 0 Å². The van der Waals surface area contributed by atoms with Gasteiger partial charge in [0.2, 0.25) is 11.8 Å². The summed E-state index contributed by atoms with van der Waals surface area (Å²) in [6.45, 7) is 3.08. The van der Waals surface area contributed by atoms with Gasteiger partial charge in [0.25, 0.3) is 5.91 Å². The van der Waals surface area contributed by atoms with Gasteiger partial charge in [-0.05, 0) is 35.7 Å². The van der Waals surface area contributed by atoms with Gasteiger partial charge in [0.05, 0.1) is 19.0 Å². The van der Waals surface area contributed by atoms with Crippen molar-refractivity contribution >= 4 is 35.7 Å². The van der Waals surface area contributed by atoms with Gasteiger partial charge in [-0.2, -0.15) is 0 Å². The third kappa shape index (κ3) is 8.58. The van der Waals surface area contributed by atoms with E-state index >= 15 is 0 Å². The number of anilines is 1. The Morgan fingerprint density at radius 1 is 1.03 bits per heavy atom. The van der Waals surface area contributed by atoms with E-state index in [0.29, 0.717) is 23.1 Å². The van der Waals surface area contributed by atoms with E-state index < -0.39 is 48.7 Å². The SMILES string of the molecule is CC(C)[C@H](NC(=O)c1ccccc1)C(=O)N(CC(=O)N[C@H](C=O)CC(=O)O)Cc1cccc(N)c1. The first kappa shape index (κ1) is 27.0. The fourth-order valence-electron chi connectivity index (χ4n) is 3.40. The number of benzene rings is 2. The number of hydrogen-bond acceptors (Lipinski definition) is 6. The van der Waals surface area contributed by atoms with Gasteiger partial charge >= 0.3 is 5.97 Å². The first-order chi connectivity index (χ1) is 16.6. The minimum Gasteiger partial charge on any atom is -0.481 e. The van der Waals surface area contributed by atoms with Crippen molar-refractivity contribution in [3.05, 3.63) is 65.7 Å². The Labute approximate surface area is 203 Å². The molecule has 10 heteroatoms. The zero-order chi connectivity index (χ0) is 26.0. The Kier molecular flexibility index (Phi) is 9.95. The maximum atomic E-state index is 13.5. The van der Waals surface area contributed by atoms with Gasteiger partial charge in [-0.25, -0.2) is 0 Å². The standard InChI is InChI=1S/C25H30N4O6/c1-16(2)23(28-24(34)18-8-4-3-5-9-18)25(35)29(13-17-7-6-10-19(26)11-17)14-21(31)27-20(15-30)12-22(32)33/h3-11,15-16,20,23H,12-14,26H2,1-2H3,(H,27,31)(H,28,34)(H,32,33)/t20-,23-/m0/s1. The molecule has 35 heavy (non-hydrogen) atoms. The Morgan fingerprint density at radius 3 is 2.29 bits per heavy atom. The zero-order valence-electron chi connectivity index (χ0n) is 19.6. The van der Waals surface area contributed by atoms with Gasteiger partial charge in [-0.1, -0.05) is 44.2 Å². The van der Waals surface area contributed by atoms with Crippen molar-refractivity contribution in [2.24, 2.45) is 5.92 Å². The number of rotatable bonds is 12. The van der Waals surface area contributed by atoms with E-state index in [1.165, 1.54) is 4.90 Å². The summed E-state index contributed by atoms with van der Waals surface area (Å²) in [6, 6.07) is 13.0. The second-order valence-corrected chi connectivity index (χ2v) is 8.41. The number of nitrogens with two attached hydrogens (primary N) is 1. The lowest BCUT2D eigenvalue weighted by Crippen LogP contribution is -2.53. The van der Waals surface area contributed by atoms with Gasteiger partial charge < -0.3 is 31.2 Å². The molecular formula is C25H30N4O6. The predicted octanol–water partition coefficient (Wildman–Crippen LogP) is 1.21. The summed E-state index contributed by atoms with van der Waals surface area (Å²) in [4.78, 5) is 62.2. The molecule has 0 aliphatic heterocycles. The summed E-state index contributed by atoms with van der Waals surface area (Å²) in [5, 5.41) is 14.0. The van der Waals surface area contributed by atoms with E-state index in [1.54, 1.807) is 68.4 Å². The summed E-state index contributed by atoms with van der Waals surface area (Å²) in [5.41, 5.74) is 7.35. The molecular weight excluding hydrogens is 452 g/mol. The van der Waals surface area contributed by atoms with Crippen LogP contribution in [-0.2, 0) is 25.7 Å². The minimum atomic E-state index is -1.25. The highest BCUT2D eigenvalue weighted by molar-refractivity contribution is 5.98. The molecule has 0 radical (unpaired) electrons. The van der Waals surface area contributed by atoms with E-state index in [4.69, 9.17) is 10.8 Å². The molecule has 0 aromatic heterocycles.